The van der Waals surface area contributed by atoms with Crippen molar-refractivity contribution in [2.45, 2.75) is 30.5 Å². The Morgan fingerprint density at radius 3 is 2.73 bits per heavy atom. The minimum atomic E-state index is -2.20. The van der Waals surface area contributed by atoms with Gasteiger partial charge in [-0.3, -0.25) is 0 Å². The van der Waals surface area contributed by atoms with E-state index >= 15 is 0 Å². The Bertz CT molecular complexity index is 269. The molecule has 1 aliphatic heterocycles. The van der Waals surface area contributed by atoms with Gasteiger partial charge in [0.1, 0.15) is 6.10 Å². The summed E-state index contributed by atoms with van der Waals surface area (Å²) in [6, 6.07) is 0. The molecule has 86 valence electrons. The van der Waals surface area contributed by atoms with Gasteiger partial charge in [0.25, 0.3) is 0 Å². The lowest BCUT2D eigenvalue weighted by atomic mass is 9.95. The molecule has 0 aromatic carbocycles. The van der Waals surface area contributed by atoms with Crippen LogP contribution in [0.5, 0.6) is 0 Å². The lowest BCUT2D eigenvalue weighted by Crippen LogP contribution is -2.60. The second kappa shape index (κ2) is 4.75. The second-order valence-corrected chi connectivity index (χ2v) is 3.40. The van der Waals surface area contributed by atoms with E-state index in [1.807, 2.05) is 0 Å². The first kappa shape index (κ1) is 12.2. The Balaban J connectivity index is 2.70. The van der Waals surface area contributed by atoms with Crippen LogP contribution in [0.25, 0.3) is 10.4 Å². The maximum Gasteiger partial charge on any atom is 0.218 e. The van der Waals surface area contributed by atoms with E-state index in [1.54, 1.807) is 0 Å². The number of hydrogen-bond acceptors (Lipinski definition) is 6. The largest absolute Gasteiger partial charge is 0.391 e. The van der Waals surface area contributed by atoms with Crippen molar-refractivity contribution in [2.24, 2.45) is 5.11 Å². The van der Waals surface area contributed by atoms with Crippen LogP contribution >= 0.6 is 0 Å². The van der Waals surface area contributed by atoms with E-state index in [0.29, 0.717) is 0 Å². The van der Waals surface area contributed by atoms with Gasteiger partial charge in [0.2, 0.25) is 5.79 Å². The van der Waals surface area contributed by atoms with Crippen LogP contribution in [0.1, 0.15) is 6.42 Å². The molecule has 0 aliphatic carbocycles. The smallest absolute Gasteiger partial charge is 0.218 e. The Kier molecular flexibility index (Phi) is 3.86. The summed E-state index contributed by atoms with van der Waals surface area (Å²) in [5.41, 5.74) is 8.08. The predicted molar refractivity (Wildman–Crippen MR) is 47.6 cm³/mol. The predicted octanol–water partition coefficient (Wildman–Crippen LogP) is -1.51. The van der Waals surface area contributed by atoms with Crippen LogP contribution < -0.4 is 0 Å². The number of azide groups is 1. The van der Waals surface area contributed by atoms with Gasteiger partial charge >= 0.3 is 0 Å². The van der Waals surface area contributed by atoms with Gasteiger partial charge in [-0.1, -0.05) is 5.11 Å². The third kappa shape index (κ3) is 2.57. The highest BCUT2D eigenvalue weighted by atomic mass is 16.7. The number of nitrogens with zero attached hydrogens (tertiary/aromatic N) is 3. The monoisotopic (exact) mass is 219 g/mol. The van der Waals surface area contributed by atoms with Gasteiger partial charge in [0.05, 0.1) is 25.4 Å². The second-order valence-electron chi connectivity index (χ2n) is 3.40. The first-order chi connectivity index (χ1) is 7.03. The van der Waals surface area contributed by atoms with Crippen molar-refractivity contribution in [3.8, 4) is 0 Å². The Labute approximate surface area is 85.3 Å². The molecule has 1 fully saturated rings. The van der Waals surface area contributed by atoms with Crippen LogP contribution in [0.4, 0.5) is 0 Å². The number of aliphatic hydroxyl groups is 4. The van der Waals surface area contributed by atoms with Gasteiger partial charge in [-0.25, -0.2) is 0 Å². The molecular formula is C7H13N3O5. The van der Waals surface area contributed by atoms with Crippen molar-refractivity contribution in [1.29, 1.82) is 0 Å². The summed E-state index contributed by atoms with van der Waals surface area (Å²) in [4.78, 5) is 2.50. The van der Waals surface area contributed by atoms with E-state index in [1.165, 1.54) is 0 Å². The maximum absolute atomic E-state index is 9.57. The first-order valence-electron chi connectivity index (χ1n) is 4.41. The molecule has 1 rings (SSSR count). The van der Waals surface area contributed by atoms with E-state index in [2.05, 4.69) is 10.0 Å². The first-order valence-corrected chi connectivity index (χ1v) is 4.41. The van der Waals surface area contributed by atoms with E-state index in [9.17, 15) is 15.3 Å². The number of hydrogen-bond donors (Lipinski definition) is 4. The van der Waals surface area contributed by atoms with Crippen LogP contribution in [0.3, 0.4) is 0 Å². The Morgan fingerprint density at radius 2 is 2.20 bits per heavy atom. The molecular weight excluding hydrogens is 206 g/mol. The van der Waals surface area contributed by atoms with Crippen LogP contribution in [0.15, 0.2) is 5.11 Å². The molecule has 0 unspecified atom stereocenters. The molecule has 0 spiro atoms. The molecule has 4 N–H and O–H groups in total. The van der Waals surface area contributed by atoms with Gasteiger partial charge < -0.3 is 25.2 Å². The molecule has 0 bridgehead atoms. The summed E-state index contributed by atoms with van der Waals surface area (Å²) < 4.78 is 4.94. The molecule has 8 nitrogen and oxygen atoms in total. The fraction of sp³-hybridized carbons (Fsp3) is 1.00. The molecule has 0 saturated carbocycles. The minimum absolute atomic E-state index is 0.0303. The van der Waals surface area contributed by atoms with Crippen molar-refractivity contribution in [1.82, 2.24) is 0 Å². The zero-order valence-corrected chi connectivity index (χ0v) is 7.89. The summed E-state index contributed by atoms with van der Waals surface area (Å²) in [5.74, 6) is -2.20. The lowest BCUT2D eigenvalue weighted by Gasteiger charge is -2.41. The molecule has 8 heteroatoms. The van der Waals surface area contributed by atoms with Gasteiger partial charge in [0.15, 0.2) is 0 Å². The number of rotatable bonds is 3. The van der Waals surface area contributed by atoms with Crippen molar-refractivity contribution in [2.75, 3.05) is 13.2 Å². The molecule has 1 aliphatic rings. The Morgan fingerprint density at radius 1 is 1.53 bits per heavy atom. The molecule has 0 aromatic heterocycles. The minimum Gasteiger partial charge on any atom is -0.391 e. The summed E-state index contributed by atoms with van der Waals surface area (Å²) in [6.45, 7) is -0.930. The summed E-state index contributed by atoms with van der Waals surface area (Å²) in [6.07, 6.45) is -3.50. The van der Waals surface area contributed by atoms with E-state index in [0.717, 1.165) is 0 Å². The zero-order valence-electron chi connectivity index (χ0n) is 7.89. The maximum atomic E-state index is 9.57. The van der Waals surface area contributed by atoms with Crippen LogP contribution in [0, 0.1) is 0 Å². The third-order valence-corrected chi connectivity index (χ3v) is 2.28. The number of aliphatic hydroxyl groups excluding tert-OH is 3. The normalized spacial score (nSPS) is 40.9. The summed E-state index contributed by atoms with van der Waals surface area (Å²) in [7, 11) is 0. The molecule has 1 saturated heterocycles. The molecule has 0 radical (unpaired) electrons. The fourth-order valence-corrected chi connectivity index (χ4v) is 1.48. The molecule has 15 heavy (non-hydrogen) atoms. The summed E-state index contributed by atoms with van der Waals surface area (Å²) in [5, 5.41) is 40.4. The van der Waals surface area contributed by atoms with Crippen molar-refractivity contribution < 1.29 is 25.2 Å². The van der Waals surface area contributed by atoms with E-state index < -0.39 is 30.7 Å². The average molecular weight is 219 g/mol. The van der Waals surface area contributed by atoms with Crippen LogP contribution in [-0.2, 0) is 4.74 Å². The van der Waals surface area contributed by atoms with Crippen LogP contribution in [-0.4, -0.2) is 57.7 Å². The van der Waals surface area contributed by atoms with Crippen molar-refractivity contribution >= 4 is 0 Å². The highest BCUT2D eigenvalue weighted by molar-refractivity contribution is 4.90. The van der Waals surface area contributed by atoms with E-state index in [-0.39, 0.29) is 13.0 Å². The highest BCUT2D eigenvalue weighted by Gasteiger charge is 2.47. The molecule has 1 heterocycles. The molecule has 4 atom stereocenters. The van der Waals surface area contributed by atoms with Gasteiger partial charge in [-0.05, 0) is 5.53 Å². The summed E-state index contributed by atoms with van der Waals surface area (Å²) >= 11 is 0. The zero-order chi connectivity index (χ0) is 11.5. The number of ether oxygens (including phenoxy) is 1. The van der Waals surface area contributed by atoms with Gasteiger partial charge in [-0.15, -0.1) is 0 Å². The quantitative estimate of drug-likeness (QED) is 0.259. The average Bonchev–Trinajstić information content (AvgIpc) is 2.23. The lowest BCUT2D eigenvalue weighted by molar-refractivity contribution is -0.330. The fourth-order valence-electron chi connectivity index (χ4n) is 1.48. The third-order valence-electron chi connectivity index (χ3n) is 2.28. The van der Waals surface area contributed by atoms with E-state index in [4.69, 9.17) is 15.4 Å². The molecule has 0 aromatic rings. The standard InChI is InChI=1S/C7H13N3O5/c8-10-9-2-4-1-5(12)6(13)7(14,3-11)15-4/h4-6,11-14H,1-3H2/t4-,5-,6+,7+/m1/s1. The van der Waals surface area contributed by atoms with Gasteiger partial charge in [0, 0.05) is 11.3 Å². The highest BCUT2D eigenvalue weighted by Crippen LogP contribution is 2.27. The molecule has 0 amide bonds. The van der Waals surface area contributed by atoms with Crippen LogP contribution in [0.2, 0.25) is 0 Å². The Hall–Kier alpha value is -0.890. The van der Waals surface area contributed by atoms with Crippen molar-refractivity contribution in [3.63, 3.8) is 0 Å². The van der Waals surface area contributed by atoms with Gasteiger partial charge in [-0.2, -0.15) is 0 Å². The topological polar surface area (TPSA) is 139 Å². The van der Waals surface area contributed by atoms with Crippen molar-refractivity contribution in [3.05, 3.63) is 10.4 Å². The SMILES string of the molecule is [N-]=[N+]=NC[C@H]1C[C@@H](O)[C@H](O)[C@](O)(CO)O1.